The van der Waals surface area contributed by atoms with Crippen molar-refractivity contribution in [2.75, 3.05) is 5.32 Å². The molecule has 0 spiro atoms. The normalized spacial score (nSPS) is 13.5. The third-order valence-electron chi connectivity index (χ3n) is 3.87. The summed E-state index contributed by atoms with van der Waals surface area (Å²) in [4.78, 5) is 17.5. The summed E-state index contributed by atoms with van der Waals surface area (Å²) >= 11 is 1.57. The Labute approximate surface area is 126 Å². The second-order valence-electron chi connectivity index (χ2n) is 5.39. The van der Waals surface area contributed by atoms with Crippen molar-refractivity contribution in [1.29, 1.82) is 0 Å². The second kappa shape index (κ2) is 5.00. The van der Waals surface area contributed by atoms with E-state index in [0.29, 0.717) is 6.42 Å². The molecule has 0 fully saturated rings. The predicted molar refractivity (Wildman–Crippen MR) is 83.9 cm³/mol. The van der Waals surface area contributed by atoms with Crippen LogP contribution in [0.3, 0.4) is 0 Å². The molecular weight excluding hydrogens is 282 g/mol. The Balaban J connectivity index is 1.47. The van der Waals surface area contributed by atoms with Crippen molar-refractivity contribution in [2.24, 2.45) is 0 Å². The van der Waals surface area contributed by atoms with Crippen LogP contribution in [0.25, 0.3) is 4.96 Å². The highest BCUT2D eigenvalue weighted by atomic mass is 32.1. The lowest BCUT2D eigenvalue weighted by molar-refractivity contribution is -0.115. The van der Waals surface area contributed by atoms with Gasteiger partial charge in [0.15, 0.2) is 4.96 Å². The standard InChI is InChI=1S/C16H15N3OS/c20-15(9-14-10-19-6-7-21-16(19)18-14)17-13-5-4-11-2-1-3-12(11)8-13/h4-8,10H,1-3,9H2,(H,17,20). The maximum absolute atomic E-state index is 12.1. The van der Waals surface area contributed by atoms with Crippen LogP contribution >= 0.6 is 11.3 Å². The first-order chi connectivity index (χ1) is 10.3. The van der Waals surface area contributed by atoms with Crippen LogP contribution < -0.4 is 5.32 Å². The number of nitrogens with zero attached hydrogens (tertiary/aromatic N) is 2. The molecule has 4 nitrogen and oxygen atoms in total. The number of carbonyl (C=O) groups is 1. The summed E-state index contributed by atoms with van der Waals surface area (Å²) < 4.78 is 1.95. The van der Waals surface area contributed by atoms with E-state index in [1.54, 1.807) is 11.3 Å². The Hall–Kier alpha value is -2.14. The zero-order chi connectivity index (χ0) is 14.2. The van der Waals surface area contributed by atoms with Gasteiger partial charge in [-0.2, -0.15) is 0 Å². The minimum absolute atomic E-state index is 0.0151. The van der Waals surface area contributed by atoms with Gasteiger partial charge in [-0.05, 0) is 42.5 Å². The fourth-order valence-corrected chi connectivity index (χ4v) is 3.60. The van der Waals surface area contributed by atoms with Gasteiger partial charge in [-0.25, -0.2) is 4.98 Å². The van der Waals surface area contributed by atoms with Crippen molar-refractivity contribution in [3.8, 4) is 0 Å². The zero-order valence-electron chi connectivity index (χ0n) is 11.5. The molecule has 21 heavy (non-hydrogen) atoms. The molecule has 1 amide bonds. The monoisotopic (exact) mass is 297 g/mol. The molecule has 0 bridgehead atoms. The summed E-state index contributed by atoms with van der Waals surface area (Å²) in [7, 11) is 0. The van der Waals surface area contributed by atoms with E-state index in [0.717, 1.165) is 29.2 Å². The second-order valence-corrected chi connectivity index (χ2v) is 6.26. The van der Waals surface area contributed by atoms with Crippen LogP contribution in [0.1, 0.15) is 23.2 Å². The third kappa shape index (κ3) is 2.45. The first-order valence-corrected chi connectivity index (χ1v) is 7.99. The van der Waals surface area contributed by atoms with E-state index in [9.17, 15) is 4.79 Å². The van der Waals surface area contributed by atoms with Gasteiger partial charge >= 0.3 is 0 Å². The molecule has 2 aromatic heterocycles. The highest BCUT2D eigenvalue weighted by Crippen LogP contribution is 2.25. The summed E-state index contributed by atoms with van der Waals surface area (Å²) in [6.45, 7) is 0. The topological polar surface area (TPSA) is 46.4 Å². The van der Waals surface area contributed by atoms with E-state index in [1.165, 1.54) is 17.5 Å². The molecule has 0 radical (unpaired) electrons. The molecule has 4 rings (SSSR count). The summed E-state index contributed by atoms with van der Waals surface area (Å²) in [6, 6.07) is 6.23. The van der Waals surface area contributed by atoms with Crippen LogP contribution in [0.2, 0.25) is 0 Å². The van der Waals surface area contributed by atoms with Gasteiger partial charge in [0, 0.05) is 23.5 Å². The smallest absolute Gasteiger partial charge is 0.230 e. The fraction of sp³-hybridized carbons (Fsp3) is 0.250. The fourth-order valence-electron chi connectivity index (χ4n) is 2.88. The van der Waals surface area contributed by atoms with E-state index >= 15 is 0 Å². The average molecular weight is 297 g/mol. The number of rotatable bonds is 3. The van der Waals surface area contributed by atoms with Gasteiger partial charge in [-0.3, -0.25) is 9.20 Å². The Morgan fingerprint density at radius 1 is 1.33 bits per heavy atom. The predicted octanol–water partition coefficient (Wildman–Crippen LogP) is 3.07. The average Bonchev–Trinajstić information content (AvgIpc) is 3.12. The molecule has 1 N–H and O–H groups in total. The molecule has 0 aliphatic heterocycles. The number of hydrogen-bond donors (Lipinski definition) is 1. The van der Waals surface area contributed by atoms with Gasteiger partial charge < -0.3 is 5.32 Å². The van der Waals surface area contributed by atoms with Gasteiger partial charge in [0.1, 0.15) is 0 Å². The van der Waals surface area contributed by atoms with E-state index in [1.807, 2.05) is 28.2 Å². The highest BCUT2D eigenvalue weighted by molar-refractivity contribution is 7.15. The SMILES string of the molecule is O=C(Cc1cn2ccsc2n1)Nc1ccc2c(c1)CCC2. The third-order valence-corrected chi connectivity index (χ3v) is 4.64. The van der Waals surface area contributed by atoms with Crippen molar-refractivity contribution in [1.82, 2.24) is 9.38 Å². The maximum Gasteiger partial charge on any atom is 0.230 e. The quantitative estimate of drug-likeness (QED) is 0.807. The number of nitrogens with one attached hydrogen (secondary N) is 1. The van der Waals surface area contributed by atoms with Crippen molar-refractivity contribution >= 4 is 27.9 Å². The summed E-state index contributed by atoms with van der Waals surface area (Å²) in [5.41, 5.74) is 4.49. The van der Waals surface area contributed by atoms with Gasteiger partial charge in [0.25, 0.3) is 0 Å². The van der Waals surface area contributed by atoms with E-state index in [-0.39, 0.29) is 5.91 Å². The van der Waals surface area contributed by atoms with Crippen LogP contribution in [0.5, 0.6) is 0 Å². The lowest BCUT2D eigenvalue weighted by Gasteiger charge is -2.06. The summed E-state index contributed by atoms with van der Waals surface area (Å²) in [6.07, 6.45) is 7.68. The number of benzene rings is 1. The molecule has 0 saturated heterocycles. The molecule has 2 heterocycles. The lowest BCUT2D eigenvalue weighted by Crippen LogP contribution is -2.14. The van der Waals surface area contributed by atoms with Crippen LogP contribution in [-0.4, -0.2) is 15.3 Å². The number of hydrogen-bond acceptors (Lipinski definition) is 3. The van der Waals surface area contributed by atoms with Crippen LogP contribution in [-0.2, 0) is 24.1 Å². The number of aromatic nitrogens is 2. The zero-order valence-corrected chi connectivity index (χ0v) is 12.3. The van der Waals surface area contributed by atoms with Gasteiger partial charge in [0.05, 0.1) is 12.1 Å². The number of fused-ring (bicyclic) bond motifs is 2. The van der Waals surface area contributed by atoms with Crippen molar-refractivity contribution < 1.29 is 4.79 Å². The lowest BCUT2D eigenvalue weighted by atomic mass is 10.1. The first kappa shape index (κ1) is 12.6. The van der Waals surface area contributed by atoms with Crippen LogP contribution in [0.15, 0.2) is 36.0 Å². The van der Waals surface area contributed by atoms with Gasteiger partial charge in [-0.1, -0.05) is 6.07 Å². The molecule has 1 aliphatic rings. The van der Waals surface area contributed by atoms with E-state index in [4.69, 9.17) is 0 Å². The van der Waals surface area contributed by atoms with Crippen molar-refractivity contribution in [2.45, 2.75) is 25.7 Å². The van der Waals surface area contributed by atoms with Gasteiger partial charge in [0.2, 0.25) is 5.91 Å². The molecule has 5 heteroatoms. The van der Waals surface area contributed by atoms with Crippen molar-refractivity contribution in [3.05, 3.63) is 52.8 Å². The maximum atomic E-state index is 12.1. The number of thiazole rings is 1. The number of anilines is 1. The Morgan fingerprint density at radius 2 is 2.24 bits per heavy atom. The Bertz CT molecular complexity index is 789. The minimum Gasteiger partial charge on any atom is -0.326 e. The molecular formula is C16H15N3OS. The number of imidazole rings is 1. The molecule has 1 aliphatic carbocycles. The molecule has 0 saturated carbocycles. The molecule has 0 atom stereocenters. The van der Waals surface area contributed by atoms with Crippen molar-refractivity contribution in [3.63, 3.8) is 0 Å². The molecule has 3 aromatic rings. The Morgan fingerprint density at radius 3 is 3.14 bits per heavy atom. The number of amides is 1. The number of aryl methyl sites for hydroxylation is 2. The van der Waals surface area contributed by atoms with Gasteiger partial charge in [-0.15, -0.1) is 11.3 Å². The molecule has 1 aromatic carbocycles. The highest BCUT2D eigenvalue weighted by Gasteiger charge is 2.13. The first-order valence-electron chi connectivity index (χ1n) is 7.11. The van der Waals surface area contributed by atoms with E-state index in [2.05, 4.69) is 22.4 Å². The largest absolute Gasteiger partial charge is 0.326 e. The molecule has 106 valence electrons. The van der Waals surface area contributed by atoms with E-state index < -0.39 is 0 Å². The summed E-state index contributed by atoms with van der Waals surface area (Å²) in [5.74, 6) is -0.0151. The van der Waals surface area contributed by atoms with Crippen LogP contribution in [0, 0.1) is 0 Å². The minimum atomic E-state index is -0.0151. The Kier molecular flexibility index (Phi) is 3.00. The van der Waals surface area contributed by atoms with Crippen LogP contribution in [0.4, 0.5) is 5.69 Å². The molecule has 0 unspecified atom stereocenters. The summed E-state index contributed by atoms with van der Waals surface area (Å²) in [5, 5.41) is 4.95. The number of carbonyl (C=O) groups excluding carboxylic acids is 1.